The van der Waals surface area contributed by atoms with Crippen LogP contribution in [0.5, 0.6) is 0 Å². The van der Waals surface area contributed by atoms with Gasteiger partial charge in [0.2, 0.25) is 17.7 Å². The highest BCUT2D eigenvalue weighted by Gasteiger charge is 2.32. The predicted molar refractivity (Wildman–Crippen MR) is 137 cm³/mol. The summed E-state index contributed by atoms with van der Waals surface area (Å²) in [5.41, 5.74) is 7.64. The summed E-state index contributed by atoms with van der Waals surface area (Å²) in [4.78, 5) is 75.5. The van der Waals surface area contributed by atoms with Crippen LogP contribution in [0.25, 0.3) is 10.9 Å². The second kappa shape index (κ2) is 13.9. The molecule has 0 aliphatic carbocycles. The van der Waals surface area contributed by atoms with Crippen LogP contribution in [0.1, 0.15) is 38.7 Å². The van der Waals surface area contributed by atoms with Gasteiger partial charge in [-0.2, -0.15) is 0 Å². The maximum absolute atomic E-state index is 13.0. The first kappa shape index (κ1) is 30.8. The number of hydrogen-bond acceptors (Lipinski definition) is 7. The fourth-order valence-corrected chi connectivity index (χ4v) is 3.87. The number of rotatable bonds is 15. The van der Waals surface area contributed by atoms with Crippen molar-refractivity contribution in [3.8, 4) is 0 Å². The Labute approximate surface area is 223 Å². The molecule has 0 fully saturated rings. The van der Waals surface area contributed by atoms with E-state index in [-0.39, 0.29) is 12.8 Å². The lowest BCUT2D eigenvalue weighted by molar-refractivity contribution is -0.144. The molecule has 2 aromatic rings. The van der Waals surface area contributed by atoms with E-state index in [0.29, 0.717) is 0 Å². The van der Waals surface area contributed by atoms with Gasteiger partial charge >= 0.3 is 17.9 Å². The highest BCUT2D eigenvalue weighted by Crippen LogP contribution is 2.19. The van der Waals surface area contributed by atoms with E-state index in [2.05, 4.69) is 20.9 Å². The number of amides is 3. The van der Waals surface area contributed by atoms with E-state index in [1.165, 1.54) is 13.8 Å². The molecule has 14 heteroatoms. The molecule has 0 saturated heterocycles. The van der Waals surface area contributed by atoms with Gasteiger partial charge in [0.15, 0.2) is 0 Å². The third kappa shape index (κ3) is 9.10. The van der Waals surface area contributed by atoms with Crippen LogP contribution >= 0.6 is 0 Å². The van der Waals surface area contributed by atoms with Gasteiger partial charge in [0.05, 0.1) is 12.5 Å². The van der Waals surface area contributed by atoms with Crippen molar-refractivity contribution < 1.29 is 44.1 Å². The van der Waals surface area contributed by atoms with Gasteiger partial charge in [-0.25, -0.2) is 4.79 Å². The zero-order valence-electron chi connectivity index (χ0n) is 21.5. The smallest absolute Gasteiger partial charge is 0.326 e. The number of fused-ring (bicyclic) bond motifs is 1. The van der Waals surface area contributed by atoms with Crippen molar-refractivity contribution in [3.63, 3.8) is 0 Å². The Kier molecular flexibility index (Phi) is 11.0. The molecule has 2 rings (SSSR count). The second-order valence-electron chi connectivity index (χ2n) is 9.39. The Hall–Kier alpha value is -4.46. The SMILES string of the molecule is CC(C)C(NC(=O)C(CC(=O)O)NC(=O)C(CCC(=O)O)NC(=O)C(N)Cc1c[nH]c2ccccc12)C(=O)O. The maximum Gasteiger partial charge on any atom is 0.326 e. The van der Waals surface area contributed by atoms with Crippen molar-refractivity contribution in [1.82, 2.24) is 20.9 Å². The molecule has 9 N–H and O–H groups in total. The lowest BCUT2D eigenvalue weighted by Crippen LogP contribution is -2.58. The summed E-state index contributed by atoms with van der Waals surface area (Å²) in [6.45, 7) is 3.06. The number of hydrogen-bond donors (Lipinski definition) is 8. The van der Waals surface area contributed by atoms with E-state index in [1.807, 2.05) is 24.3 Å². The van der Waals surface area contributed by atoms with Crippen LogP contribution in [0.15, 0.2) is 30.5 Å². The molecule has 1 aromatic carbocycles. The average Bonchev–Trinajstić information content (AvgIpc) is 3.26. The molecule has 0 aliphatic heterocycles. The highest BCUT2D eigenvalue weighted by atomic mass is 16.4. The number of nitrogens with two attached hydrogens (primary N) is 1. The van der Waals surface area contributed by atoms with Crippen LogP contribution in [-0.4, -0.2) is 80.1 Å². The van der Waals surface area contributed by atoms with E-state index in [9.17, 15) is 39.0 Å². The fraction of sp³-hybridized carbons (Fsp3) is 0.440. The third-order valence-corrected chi connectivity index (χ3v) is 5.97. The number of carboxylic acid groups (broad SMARTS) is 3. The van der Waals surface area contributed by atoms with Gasteiger partial charge in [0.25, 0.3) is 0 Å². The zero-order valence-corrected chi connectivity index (χ0v) is 21.5. The van der Waals surface area contributed by atoms with E-state index >= 15 is 0 Å². The van der Waals surface area contributed by atoms with Gasteiger partial charge in [-0.05, 0) is 30.4 Å². The molecule has 0 saturated carbocycles. The number of aromatic nitrogens is 1. The molecule has 1 heterocycles. The van der Waals surface area contributed by atoms with Crippen molar-refractivity contribution in [3.05, 3.63) is 36.0 Å². The summed E-state index contributed by atoms with van der Waals surface area (Å²) in [6, 6.07) is 1.72. The minimum Gasteiger partial charge on any atom is -0.481 e. The van der Waals surface area contributed by atoms with Crippen LogP contribution < -0.4 is 21.7 Å². The van der Waals surface area contributed by atoms with Crippen LogP contribution in [0.4, 0.5) is 0 Å². The molecule has 4 atom stereocenters. The first-order valence-electron chi connectivity index (χ1n) is 12.2. The quantitative estimate of drug-likeness (QED) is 0.143. The van der Waals surface area contributed by atoms with Crippen molar-refractivity contribution >= 4 is 46.5 Å². The molecule has 212 valence electrons. The fourth-order valence-electron chi connectivity index (χ4n) is 3.87. The van der Waals surface area contributed by atoms with Crippen molar-refractivity contribution in [2.45, 2.75) is 63.7 Å². The van der Waals surface area contributed by atoms with Crippen LogP contribution in [-0.2, 0) is 35.2 Å². The maximum atomic E-state index is 13.0. The number of carboxylic acids is 3. The van der Waals surface area contributed by atoms with E-state index in [1.54, 1.807) is 6.20 Å². The van der Waals surface area contributed by atoms with Crippen molar-refractivity contribution in [2.75, 3.05) is 0 Å². The largest absolute Gasteiger partial charge is 0.481 e. The van der Waals surface area contributed by atoms with E-state index in [4.69, 9.17) is 10.8 Å². The topological polar surface area (TPSA) is 241 Å². The Morgan fingerprint density at radius 3 is 2.08 bits per heavy atom. The van der Waals surface area contributed by atoms with Crippen LogP contribution in [0.3, 0.4) is 0 Å². The predicted octanol–water partition coefficient (Wildman–Crippen LogP) is -0.428. The first-order valence-corrected chi connectivity index (χ1v) is 12.2. The van der Waals surface area contributed by atoms with Gasteiger partial charge in [-0.3, -0.25) is 24.0 Å². The number of para-hydroxylation sites is 1. The molecule has 4 unspecified atom stereocenters. The second-order valence-corrected chi connectivity index (χ2v) is 9.39. The molecule has 0 aliphatic rings. The standard InChI is InChI=1S/C25H33N5O9/c1-12(2)21(25(38)39)30-24(37)18(10-20(33)34)29-23(36)17(7-8-19(31)32)28-22(35)15(26)9-13-11-27-16-6-4-3-5-14(13)16/h3-6,11-12,15,17-18,21,27H,7-10,26H2,1-2H3,(H,28,35)(H,29,36)(H,30,37)(H,31,32)(H,33,34)(H,38,39). The monoisotopic (exact) mass is 547 g/mol. The molecular weight excluding hydrogens is 514 g/mol. The number of H-pyrrole nitrogens is 1. The number of nitrogens with one attached hydrogen (secondary N) is 4. The minimum atomic E-state index is -1.69. The Morgan fingerprint density at radius 2 is 1.49 bits per heavy atom. The summed E-state index contributed by atoms with van der Waals surface area (Å²) in [5.74, 6) is -7.47. The summed E-state index contributed by atoms with van der Waals surface area (Å²) in [5, 5.41) is 35.2. The van der Waals surface area contributed by atoms with Crippen molar-refractivity contribution in [1.29, 1.82) is 0 Å². The van der Waals surface area contributed by atoms with Crippen LogP contribution in [0, 0.1) is 5.92 Å². The number of aromatic amines is 1. The number of benzene rings is 1. The molecule has 0 bridgehead atoms. The molecule has 3 amide bonds. The summed E-state index contributed by atoms with van der Waals surface area (Å²) in [7, 11) is 0. The normalized spacial score (nSPS) is 14.2. The lowest BCUT2D eigenvalue weighted by Gasteiger charge is -2.25. The summed E-state index contributed by atoms with van der Waals surface area (Å²) in [6.07, 6.45) is 0.00184. The summed E-state index contributed by atoms with van der Waals surface area (Å²) >= 11 is 0. The van der Waals surface area contributed by atoms with Gasteiger partial charge in [0.1, 0.15) is 18.1 Å². The lowest BCUT2D eigenvalue weighted by atomic mass is 10.0. The molecule has 0 spiro atoms. The molecule has 0 radical (unpaired) electrons. The highest BCUT2D eigenvalue weighted by molar-refractivity contribution is 5.96. The van der Waals surface area contributed by atoms with Crippen molar-refractivity contribution in [2.24, 2.45) is 11.7 Å². The molecule has 1 aromatic heterocycles. The van der Waals surface area contributed by atoms with Crippen LogP contribution in [0.2, 0.25) is 0 Å². The first-order chi connectivity index (χ1) is 18.3. The zero-order chi connectivity index (χ0) is 29.3. The van der Waals surface area contributed by atoms with Gasteiger partial charge in [-0.1, -0.05) is 32.0 Å². The number of carbonyl (C=O) groups is 6. The third-order valence-electron chi connectivity index (χ3n) is 5.97. The summed E-state index contributed by atoms with van der Waals surface area (Å²) < 4.78 is 0. The molecule has 14 nitrogen and oxygen atoms in total. The average molecular weight is 548 g/mol. The van der Waals surface area contributed by atoms with E-state index < -0.39 is 78.6 Å². The Bertz CT molecular complexity index is 1230. The minimum absolute atomic E-state index is 0.0962. The number of aliphatic carboxylic acids is 3. The van der Waals surface area contributed by atoms with Gasteiger partial charge in [0, 0.05) is 23.5 Å². The number of carbonyl (C=O) groups excluding carboxylic acids is 3. The van der Waals surface area contributed by atoms with E-state index in [0.717, 1.165) is 16.5 Å². The van der Waals surface area contributed by atoms with Gasteiger partial charge in [-0.15, -0.1) is 0 Å². The molecular formula is C25H33N5O9. The Balaban J connectivity index is 2.16. The Morgan fingerprint density at radius 1 is 0.872 bits per heavy atom. The molecule has 39 heavy (non-hydrogen) atoms. The van der Waals surface area contributed by atoms with Gasteiger partial charge < -0.3 is 42.0 Å².